The Bertz CT molecular complexity index is 862. The van der Waals surface area contributed by atoms with Crippen LogP contribution in [0.1, 0.15) is 0 Å². The third-order valence-electron chi connectivity index (χ3n) is 3.54. The molecule has 0 unspecified atom stereocenters. The van der Waals surface area contributed by atoms with Gasteiger partial charge in [0, 0.05) is 18.0 Å². The van der Waals surface area contributed by atoms with Gasteiger partial charge < -0.3 is 20.1 Å². The first kappa shape index (κ1) is 17.2. The van der Waals surface area contributed by atoms with Crippen molar-refractivity contribution in [2.45, 2.75) is 0 Å². The van der Waals surface area contributed by atoms with Crippen molar-refractivity contribution >= 4 is 28.8 Å². The molecule has 1 aliphatic rings. The zero-order valence-corrected chi connectivity index (χ0v) is 13.8. The van der Waals surface area contributed by atoms with Crippen molar-refractivity contribution in [1.82, 2.24) is 0 Å². The number of fused-ring (bicyclic) bond motifs is 1. The maximum atomic E-state index is 12.0. The van der Waals surface area contributed by atoms with E-state index in [9.17, 15) is 9.59 Å². The molecule has 0 atom stereocenters. The fraction of sp³-hybridized carbons (Fsp3) is 0.105. The van der Waals surface area contributed by atoms with Crippen LogP contribution in [0.3, 0.4) is 0 Å². The summed E-state index contributed by atoms with van der Waals surface area (Å²) < 4.78 is 11.0. The van der Waals surface area contributed by atoms with Crippen molar-refractivity contribution in [3.8, 4) is 11.5 Å². The van der Waals surface area contributed by atoms with Crippen LogP contribution in [0.5, 0.6) is 11.5 Å². The lowest BCUT2D eigenvalue weighted by molar-refractivity contribution is -0.113. The van der Waals surface area contributed by atoms with E-state index >= 15 is 0 Å². The zero-order valence-electron chi connectivity index (χ0n) is 13.8. The zero-order chi connectivity index (χ0) is 18.4. The monoisotopic (exact) mass is 351 g/mol. The maximum absolute atomic E-state index is 12.0. The Balaban J connectivity index is 1.59. The quantitative estimate of drug-likeness (QED) is 0.422. The molecule has 2 aromatic carbocycles. The number of para-hydroxylation sites is 2. The van der Waals surface area contributed by atoms with E-state index in [1.807, 2.05) is 0 Å². The Morgan fingerprint density at radius 2 is 1.77 bits per heavy atom. The molecule has 0 saturated carbocycles. The number of allylic oxidation sites excluding steroid dienone is 1. The Morgan fingerprint density at radius 3 is 2.58 bits per heavy atom. The molecule has 1 amide bonds. The number of hydrogen-bond acceptors (Lipinski definition) is 6. The van der Waals surface area contributed by atoms with Gasteiger partial charge >= 0.3 is 0 Å². The first-order valence-corrected chi connectivity index (χ1v) is 7.96. The largest absolute Gasteiger partial charge is 0.486 e. The molecule has 0 aromatic heterocycles. The molecule has 1 aliphatic heterocycles. The van der Waals surface area contributed by atoms with Crippen LogP contribution >= 0.6 is 0 Å². The van der Waals surface area contributed by atoms with Gasteiger partial charge in [-0.3, -0.25) is 15.0 Å². The highest BCUT2D eigenvalue weighted by molar-refractivity contribution is 6.68. The lowest BCUT2D eigenvalue weighted by Crippen LogP contribution is -2.28. The Kier molecular flexibility index (Phi) is 5.28. The predicted octanol–water partition coefficient (Wildman–Crippen LogP) is 2.61. The van der Waals surface area contributed by atoms with Crippen LogP contribution in [0.2, 0.25) is 0 Å². The van der Waals surface area contributed by atoms with E-state index in [-0.39, 0.29) is 0 Å². The lowest BCUT2D eigenvalue weighted by atomic mass is 10.2. The van der Waals surface area contributed by atoms with Crippen molar-refractivity contribution in [1.29, 1.82) is 5.41 Å². The molecule has 1 heterocycles. The number of ketones is 1. The smallest absolute Gasteiger partial charge is 0.277 e. The summed E-state index contributed by atoms with van der Waals surface area (Å²) in [4.78, 5) is 23.9. The van der Waals surface area contributed by atoms with Gasteiger partial charge in [0.2, 0.25) is 5.78 Å². The van der Waals surface area contributed by atoms with Crippen LogP contribution in [0.15, 0.2) is 60.8 Å². The predicted molar refractivity (Wildman–Crippen MR) is 98.0 cm³/mol. The summed E-state index contributed by atoms with van der Waals surface area (Å²) in [5.74, 6) is -0.295. The average Bonchev–Trinajstić information content (AvgIpc) is 2.68. The Labute approximate surface area is 150 Å². The number of nitrogens with one attached hydrogen (secondary N) is 3. The van der Waals surface area contributed by atoms with Gasteiger partial charge in [-0.2, -0.15) is 0 Å². The molecule has 0 spiro atoms. The molecule has 0 radical (unpaired) electrons. The lowest BCUT2D eigenvalue weighted by Gasteiger charge is -2.20. The summed E-state index contributed by atoms with van der Waals surface area (Å²) in [6.07, 6.45) is 2.48. The normalized spacial score (nSPS) is 12.5. The highest BCUT2D eigenvalue weighted by Crippen LogP contribution is 2.37. The van der Waals surface area contributed by atoms with Gasteiger partial charge in [0.05, 0.1) is 5.69 Å². The van der Waals surface area contributed by atoms with E-state index in [0.717, 1.165) is 6.08 Å². The second-order valence-corrected chi connectivity index (χ2v) is 5.37. The molecule has 0 aliphatic carbocycles. The average molecular weight is 351 g/mol. The van der Waals surface area contributed by atoms with Crippen LogP contribution in [-0.2, 0) is 9.59 Å². The topological polar surface area (TPSA) is 101 Å². The molecule has 7 nitrogen and oxygen atoms in total. The van der Waals surface area contributed by atoms with E-state index in [0.29, 0.717) is 36.1 Å². The minimum Gasteiger partial charge on any atom is -0.486 e. The summed E-state index contributed by atoms with van der Waals surface area (Å²) in [5, 5.41) is 13.1. The van der Waals surface area contributed by atoms with Gasteiger partial charge in [-0.25, -0.2) is 0 Å². The SMILES string of the molecule is N=C(C(=O)/C=C\Nc1cccc2c1OCCO2)C(=O)Nc1ccccc1. The second kappa shape index (κ2) is 7.98. The van der Waals surface area contributed by atoms with Gasteiger partial charge in [0.25, 0.3) is 5.91 Å². The van der Waals surface area contributed by atoms with E-state index in [2.05, 4.69) is 10.6 Å². The fourth-order valence-electron chi connectivity index (χ4n) is 2.30. The number of ether oxygens (including phenoxy) is 2. The van der Waals surface area contributed by atoms with E-state index in [1.165, 1.54) is 6.20 Å². The first-order valence-electron chi connectivity index (χ1n) is 7.96. The van der Waals surface area contributed by atoms with E-state index in [1.54, 1.807) is 48.5 Å². The molecular weight excluding hydrogens is 334 g/mol. The first-order chi connectivity index (χ1) is 12.6. The highest BCUT2D eigenvalue weighted by atomic mass is 16.6. The second-order valence-electron chi connectivity index (χ2n) is 5.37. The molecular formula is C19H17N3O4. The molecule has 2 aromatic rings. The number of anilines is 2. The molecule has 132 valence electrons. The Morgan fingerprint density at radius 1 is 1.00 bits per heavy atom. The fourth-order valence-corrected chi connectivity index (χ4v) is 2.30. The summed E-state index contributed by atoms with van der Waals surface area (Å²) in [6.45, 7) is 0.928. The van der Waals surface area contributed by atoms with E-state index in [4.69, 9.17) is 14.9 Å². The highest BCUT2D eigenvalue weighted by Gasteiger charge is 2.17. The molecule has 3 rings (SSSR count). The Hall–Kier alpha value is -3.61. The van der Waals surface area contributed by atoms with Gasteiger partial charge in [-0.1, -0.05) is 24.3 Å². The molecule has 7 heteroatoms. The summed E-state index contributed by atoms with van der Waals surface area (Å²) in [7, 11) is 0. The van der Waals surface area contributed by atoms with Crippen LogP contribution < -0.4 is 20.1 Å². The van der Waals surface area contributed by atoms with Gasteiger partial charge in [-0.05, 0) is 24.3 Å². The maximum Gasteiger partial charge on any atom is 0.277 e. The van der Waals surface area contributed by atoms with Crippen molar-refractivity contribution in [3.05, 3.63) is 60.8 Å². The third-order valence-corrected chi connectivity index (χ3v) is 3.54. The summed E-state index contributed by atoms with van der Waals surface area (Å²) >= 11 is 0. The van der Waals surface area contributed by atoms with Gasteiger partial charge in [0.15, 0.2) is 17.2 Å². The van der Waals surface area contributed by atoms with Crippen LogP contribution in [0.4, 0.5) is 11.4 Å². The van der Waals surface area contributed by atoms with Crippen LogP contribution in [0.25, 0.3) is 0 Å². The number of carbonyl (C=O) groups is 2. The number of rotatable bonds is 6. The minimum atomic E-state index is -0.764. The number of carbonyl (C=O) groups excluding carboxylic acids is 2. The van der Waals surface area contributed by atoms with Crippen molar-refractivity contribution in [3.63, 3.8) is 0 Å². The number of amides is 1. The van der Waals surface area contributed by atoms with Gasteiger partial charge in [0.1, 0.15) is 13.2 Å². The summed E-state index contributed by atoms with van der Waals surface area (Å²) in [6, 6.07) is 14.0. The number of benzene rings is 2. The molecule has 3 N–H and O–H groups in total. The summed E-state index contributed by atoms with van der Waals surface area (Å²) in [5.41, 5.74) is 0.498. The molecule has 0 bridgehead atoms. The van der Waals surface area contributed by atoms with Crippen molar-refractivity contribution in [2.75, 3.05) is 23.8 Å². The minimum absolute atomic E-state index is 0.443. The van der Waals surface area contributed by atoms with Gasteiger partial charge in [-0.15, -0.1) is 0 Å². The van der Waals surface area contributed by atoms with Crippen LogP contribution in [-0.4, -0.2) is 30.6 Å². The van der Waals surface area contributed by atoms with E-state index < -0.39 is 17.4 Å². The molecule has 0 saturated heterocycles. The molecule has 0 fully saturated rings. The standard InChI is InChI=1S/C19H17N3O4/c20-17(19(24)22-13-5-2-1-3-6-13)15(23)9-10-21-14-7-4-8-16-18(14)26-12-11-25-16/h1-10,20-21H,11-12H2,(H,22,24)/b10-9-,20-17?. The van der Waals surface area contributed by atoms with Crippen LogP contribution in [0, 0.1) is 5.41 Å². The van der Waals surface area contributed by atoms with Crippen molar-refractivity contribution in [2.24, 2.45) is 0 Å². The third kappa shape index (κ3) is 4.07. The molecule has 26 heavy (non-hydrogen) atoms. The van der Waals surface area contributed by atoms with Crippen molar-refractivity contribution < 1.29 is 19.1 Å². The number of hydrogen-bond donors (Lipinski definition) is 3.